The van der Waals surface area contributed by atoms with Gasteiger partial charge in [-0.3, -0.25) is 4.79 Å². The Balaban J connectivity index is 2.44. The summed E-state index contributed by atoms with van der Waals surface area (Å²) in [6.45, 7) is 1.83. The highest BCUT2D eigenvalue weighted by atomic mass is 16.2. The number of carbonyl (C=O) groups excluding carboxylic acids is 1. The van der Waals surface area contributed by atoms with Crippen LogP contribution in [0.2, 0.25) is 0 Å². The Bertz CT molecular complexity index is 382. The molecule has 13 heavy (non-hydrogen) atoms. The monoisotopic (exact) mass is 174 g/mol. The van der Waals surface area contributed by atoms with E-state index in [4.69, 9.17) is 0 Å². The molecule has 0 saturated carbocycles. The van der Waals surface area contributed by atoms with Gasteiger partial charge in [-0.05, 0) is 19.1 Å². The standard InChI is InChI=1S/C10H10N2O/c1-2-7-10(13)12-9-6-4-3-5-8(9)11-7/h2-6,11H,1H3,(H,12,13). The zero-order chi connectivity index (χ0) is 9.26. The molecule has 1 heterocycles. The van der Waals surface area contributed by atoms with Crippen molar-refractivity contribution in [3.63, 3.8) is 0 Å². The van der Waals surface area contributed by atoms with Crippen LogP contribution in [-0.2, 0) is 4.79 Å². The Kier molecular flexibility index (Phi) is 1.77. The predicted octanol–water partition coefficient (Wildman–Crippen LogP) is 1.95. The molecule has 1 aliphatic heterocycles. The highest BCUT2D eigenvalue weighted by molar-refractivity contribution is 6.10. The first kappa shape index (κ1) is 7.86. The quantitative estimate of drug-likeness (QED) is 0.590. The average molecular weight is 174 g/mol. The highest BCUT2D eigenvalue weighted by Gasteiger charge is 2.17. The van der Waals surface area contributed by atoms with Crippen molar-refractivity contribution in [2.75, 3.05) is 10.6 Å². The molecule has 0 bridgehead atoms. The molecule has 1 aliphatic rings. The van der Waals surface area contributed by atoms with E-state index in [2.05, 4.69) is 10.6 Å². The van der Waals surface area contributed by atoms with Crippen LogP contribution in [0.25, 0.3) is 0 Å². The molecule has 0 radical (unpaired) electrons. The molecule has 0 aliphatic carbocycles. The summed E-state index contributed by atoms with van der Waals surface area (Å²) in [6.07, 6.45) is 1.76. The van der Waals surface area contributed by atoms with Crippen molar-refractivity contribution in [1.82, 2.24) is 0 Å². The summed E-state index contributed by atoms with van der Waals surface area (Å²) < 4.78 is 0. The molecule has 0 fully saturated rings. The lowest BCUT2D eigenvalue weighted by atomic mass is 10.2. The van der Waals surface area contributed by atoms with Crippen molar-refractivity contribution in [1.29, 1.82) is 0 Å². The number of nitrogens with one attached hydrogen (secondary N) is 2. The van der Waals surface area contributed by atoms with Crippen LogP contribution in [0.1, 0.15) is 6.92 Å². The summed E-state index contributed by atoms with van der Waals surface area (Å²) in [5, 5.41) is 5.84. The third-order valence-corrected chi connectivity index (χ3v) is 1.98. The lowest BCUT2D eigenvalue weighted by molar-refractivity contribution is -0.112. The molecule has 0 spiro atoms. The van der Waals surface area contributed by atoms with Gasteiger partial charge < -0.3 is 10.6 Å². The van der Waals surface area contributed by atoms with Gasteiger partial charge in [-0.2, -0.15) is 0 Å². The van der Waals surface area contributed by atoms with E-state index in [0.29, 0.717) is 5.70 Å². The van der Waals surface area contributed by atoms with Gasteiger partial charge in [-0.15, -0.1) is 0 Å². The van der Waals surface area contributed by atoms with Crippen LogP contribution >= 0.6 is 0 Å². The highest BCUT2D eigenvalue weighted by Crippen LogP contribution is 2.26. The first-order valence-corrected chi connectivity index (χ1v) is 4.15. The fourth-order valence-electron chi connectivity index (χ4n) is 1.30. The van der Waals surface area contributed by atoms with Crippen molar-refractivity contribution in [2.45, 2.75) is 6.92 Å². The Morgan fingerprint density at radius 2 is 1.77 bits per heavy atom. The van der Waals surface area contributed by atoms with Crippen molar-refractivity contribution in [2.24, 2.45) is 0 Å². The largest absolute Gasteiger partial charge is 0.350 e. The molecule has 0 saturated heterocycles. The first-order valence-electron chi connectivity index (χ1n) is 4.15. The number of amides is 1. The lowest BCUT2D eigenvalue weighted by Gasteiger charge is -2.20. The van der Waals surface area contributed by atoms with E-state index in [1.807, 2.05) is 31.2 Å². The van der Waals surface area contributed by atoms with E-state index < -0.39 is 0 Å². The zero-order valence-corrected chi connectivity index (χ0v) is 7.29. The molecule has 0 unspecified atom stereocenters. The molecule has 1 aromatic rings. The van der Waals surface area contributed by atoms with E-state index in [1.54, 1.807) is 6.08 Å². The number of fused-ring (bicyclic) bond motifs is 1. The molecule has 2 N–H and O–H groups in total. The van der Waals surface area contributed by atoms with Crippen LogP contribution in [0.5, 0.6) is 0 Å². The van der Waals surface area contributed by atoms with Gasteiger partial charge in [0.25, 0.3) is 5.91 Å². The van der Waals surface area contributed by atoms with Gasteiger partial charge in [0.05, 0.1) is 11.4 Å². The summed E-state index contributed by atoms with van der Waals surface area (Å²) in [7, 11) is 0. The van der Waals surface area contributed by atoms with Crippen LogP contribution in [0, 0.1) is 0 Å². The van der Waals surface area contributed by atoms with Crippen LogP contribution in [0.15, 0.2) is 36.0 Å². The van der Waals surface area contributed by atoms with Crippen molar-refractivity contribution >= 4 is 17.3 Å². The van der Waals surface area contributed by atoms with Gasteiger partial charge in [0.1, 0.15) is 5.70 Å². The number of benzene rings is 1. The van der Waals surface area contributed by atoms with E-state index in [0.717, 1.165) is 11.4 Å². The SMILES string of the molecule is CC=C1Nc2ccccc2NC1=O. The molecule has 66 valence electrons. The van der Waals surface area contributed by atoms with Crippen molar-refractivity contribution < 1.29 is 4.79 Å². The smallest absolute Gasteiger partial charge is 0.271 e. The van der Waals surface area contributed by atoms with E-state index in [9.17, 15) is 4.79 Å². The van der Waals surface area contributed by atoms with Crippen LogP contribution in [0.3, 0.4) is 0 Å². The number of allylic oxidation sites excluding steroid dienone is 1. The molecule has 2 rings (SSSR count). The Labute approximate surface area is 76.5 Å². The molecule has 3 nitrogen and oxygen atoms in total. The van der Waals surface area contributed by atoms with E-state index >= 15 is 0 Å². The van der Waals surface area contributed by atoms with Crippen LogP contribution in [-0.4, -0.2) is 5.91 Å². The molecule has 1 aromatic carbocycles. The maximum absolute atomic E-state index is 11.3. The summed E-state index contributed by atoms with van der Waals surface area (Å²) in [5.41, 5.74) is 2.37. The number of para-hydroxylation sites is 2. The summed E-state index contributed by atoms with van der Waals surface area (Å²) in [6, 6.07) is 7.61. The topological polar surface area (TPSA) is 41.1 Å². The first-order chi connectivity index (χ1) is 6.31. The zero-order valence-electron chi connectivity index (χ0n) is 7.29. The lowest BCUT2D eigenvalue weighted by Crippen LogP contribution is -2.25. The number of hydrogen-bond acceptors (Lipinski definition) is 2. The van der Waals surface area contributed by atoms with Crippen LogP contribution < -0.4 is 10.6 Å². The second-order valence-corrected chi connectivity index (χ2v) is 2.83. The van der Waals surface area contributed by atoms with Gasteiger partial charge in [0.15, 0.2) is 0 Å². The number of hydrogen-bond donors (Lipinski definition) is 2. The minimum Gasteiger partial charge on any atom is -0.350 e. The number of rotatable bonds is 0. The van der Waals surface area contributed by atoms with E-state index in [1.165, 1.54) is 0 Å². The van der Waals surface area contributed by atoms with Gasteiger partial charge >= 0.3 is 0 Å². The van der Waals surface area contributed by atoms with Crippen molar-refractivity contribution in [3.8, 4) is 0 Å². The summed E-state index contributed by atoms with van der Waals surface area (Å²) in [5.74, 6) is -0.0822. The summed E-state index contributed by atoms with van der Waals surface area (Å²) >= 11 is 0. The Morgan fingerprint density at radius 1 is 1.15 bits per heavy atom. The minimum atomic E-state index is -0.0822. The Hall–Kier alpha value is -1.77. The third kappa shape index (κ3) is 1.28. The molecule has 0 atom stereocenters. The fraction of sp³-hybridized carbons (Fsp3) is 0.100. The number of carbonyl (C=O) groups is 1. The predicted molar refractivity (Wildman–Crippen MR) is 52.5 cm³/mol. The van der Waals surface area contributed by atoms with Gasteiger partial charge in [0.2, 0.25) is 0 Å². The maximum atomic E-state index is 11.3. The molecular weight excluding hydrogens is 164 g/mol. The summed E-state index contributed by atoms with van der Waals surface area (Å²) in [4.78, 5) is 11.3. The van der Waals surface area contributed by atoms with Gasteiger partial charge in [0, 0.05) is 0 Å². The van der Waals surface area contributed by atoms with Crippen molar-refractivity contribution in [3.05, 3.63) is 36.0 Å². The second-order valence-electron chi connectivity index (χ2n) is 2.83. The minimum absolute atomic E-state index is 0.0822. The fourth-order valence-corrected chi connectivity index (χ4v) is 1.30. The molecular formula is C10H10N2O. The van der Waals surface area contributed by atoms with Gasteiger partial charge in [-0.25, -0.2) is 0 Å². The molecule has 1 amide bonds. The van der Waals surface area contributed by atoms with Gasteiger partial charge in [-0.1, -0.05) is 18.2 Å². The third-order valence-electron chi connectivity index (χ3n) is 1.98. The maximum Gasteiger partial charge on any atom is 0.271 e. The average Bonchev–Trinajstić information content (AvgIpc) is 2.17. The van der Waals surface area contributed by atoms with Crippen LogP contribution in [0.4, 0.5) is 11.4 Å². The normalized spacial score (nSPS) is 17.6. The molecule has 0 aromatic heterocycles. The Morgan fingerprint density at radius 3 is 2.38 bits per heavy atom. The molecule has 3 heteroatoms. The van der Waals surface area contributed by atoms with E-state index in [-0.39, 0.29) is 5.91 Å². The number of anilines is 2. The second kappa shape index (κ2) is 2.94.